The molecule has 0 radical (unpaired) electrons. The standard InChI is InChI=1S/C13H21F2NO4/c1-12(2,3)20-11(18)16-7-5-9(6-8-16)19-10(17)13(4,14)15/h9H,5-8H2,1-4H3. The molecule has 0 saturated carbocycles. The van der Waals surface area contributed by atoms with Crippen LogP contribution in [-0.4, -0.2) is 47.7 Å². The molecule has 116 valence electrons. The molecule has 0 aromatic carbocycles. The molecule has 0 bridgehead atoms. The van der Waals surface area contributed by atoms with E-state index in [1.54, 1.807) is 20.8 Å². The fourth-order valence-electron chi connectivity index (χ4n) is 1.74. The van der Waals surface area contributed by atoms with Crippen molar-refractivity contribution in [1.29, 1.82) is 0 Å². The van der Waals surface area contributed by atoms with Crippen LogP contribution < -0.4 is 0 Å². The lowest BCUT2D eigenvalue weighted by Gasteiger charge is -2.33. The number of ether oxygens (including phenoxy) is 2. The molecule has 1 amide bonds. The molecule has 0 aromatic heterocycles. The summed E-state index contributed by atoms with van der Waals surface area (Å²) in [6, 6.07) is 0. The van der Waals surface area contributed by atoms with Gasteiger partial charge in [-0.25, -0.2) is 9.59 Å². The van der Waals surface area contributed by atoms with Crippen molar-refractivity contribution in [2.24, 2.45) is 0 Å². The fraction of sp³-hybridized carbons (Fsp3) is 0.846. The fourth-order valence-corrected chi connectivity index (χ4v) is 1.74. The van der Waals surface area contributed by atoms with E-state index in [2.05, 4.69) is 0 Å². The third kappa shape index (κ3) is 5.30. The Hall–Kier alpha value is -1.40. The zero-order valence-electron chi connectivity index (χ0n) is 12.2. The van der Waals surface area contributed by atoms with E-state index in [9.17, 15) is 18.4 Å². The molecule has 20 heavy (non-hydrogen) atoms. The van der Waals surface area contributed by atoms with E-state index in [-0.39, 0.29) is 0 Å². The van der Waals surface area contributed by atoms with Crippen LogP contribution in [0.4, 0.5) is 13.6 Å². The molecular weight excluding hydrogens is 272 g/mol. The van der Waals surface area contributed by atoms with Gasteiger partial charge < -0.3 is 14.4 Å². The van der Waals surface area contributed by atoms with E-state index in [4.69, 9.17) is 9.47 Å². The number of halogens is 2. The number of likely N-dealkylation sites (tertiary alicyclic amines) is 1. The Morgan fingerprint density at radius 1 is 1.10 bits per heavy atom. The van der Waals surface area contributed by atoms with Crippen molar-refractivity contribution in [3.63, 3.8) is 0 Å². The molecule has 0 atom stereocenters. The van der Waals surface area contributed by atoms with Crippen molar-refractivity contribution in [2.75, 3.05) is 13.1 Å². The van der Waals surface area contributed by atoms with Gasteiger partial charge in [0.05, 0.1) is 0 Å². The molecule has 1 aliphatic rings. The first-order valence-electron chi connectivity index (χ1n) is 6.56. The molecule has 0 unspecified atom stereocenters. The van der Waals surface area contributed by atoms with Gasteiger partial charge in [-0.3, -0.25) is 0 Å². The highest BCUT2D eigenvalue weighted by atomic mass is 19.3. The number of amides is 1. The number of esters is 1. The summed E-state index contributed by atoms with van der Waals surface area (Å²) in [6.45, 7) is 6.45. The maximum Gasteiger partial charge on any atom is 0.410 e. The molecule has 5 nitrogen and oxygen atoms in total. The predicted octanol–water partition coefficient (Wildman–Crippen LogP) is 2.58. The van der Waals surface area contributed by atoms with Crippen LogP contribution in [0.5, 0.6) is 0 Å². The predicted molar refractivity (Wildman–Crippen MR) is 67.5 cm³/mol. The van der Waals surface area contributed by atoms with Gasteiger partial charge in [0.15, 0.2) is 0 Å². The highest BCUT2D eigenvalue weighted by Gasteiger charge is 2.37. The van der Waals surface area contributed by atoms with Crippen molar-refractivity contribution in [3.05, 3.63) is 0 Å². The Morgan fingerprint density at radius 2 is 1.60 bits per heavy atom. The number of alkyl halides is 2. The summed E-state index contributed by atoms with van der Waals surface area (Å²) in [6.07, 6.45) is -0.350. The summed E-state index contributed by atoms with van der Waals surface area (Å²) >= 11 is 0. The Kier molecular flexibility index (Phi) is 4.94. The van der Waals surface area contributed by atoms with Crippen LogP contribution in [0.3, 0.4) is 0 Å². The zero-order valence-corrected chi connectivity index (χ0v) is 12.2. The van der Waals surface area contributed by atoms with Crippen LogP contribution in [-0.2, 0) is 14.3 Å². The smallest absolute Gasteiger partial charge is 0.410 e. The molecule has 7 heteroatoms. The quantitative estimate of drug-likeness (QED) is 0.734. The van der Waals surface area contributed by atoms with Crippen molar-refractivity contribution >= 4 is 12.1 Å². The third-order valence-corrected chi connectivity index (χ3v) is 2.73. The van der Waals surface area contributed by atoms with Crippen LogP contribution in [0.2, 0.25) is 0 Å². The second kappa shape index (κ2) is 5.93. The highest BCUT2D eigenvalue weighted by Crippen LogP contribution is 2.21. The Morgan fingerprint density at radius 3 is 2.00 bits per heavy atom. The number of nitrogens with zero attached hydrogens (tertiary/aromatic N) is 1. The van der Waals surface area contributed by atoms with Crippen LogP contribution in [0.1, 0.15) is 40.5 Å². The second-order valence-corrected chi connectivity index (χ2v) is 5.96. The van der Waals surface area contributed by atoms with Crippen LogP contribution in [0, 0.1) is 0 Å². The van der Waals surface area contributed by atoms with Crippen molar-refractivity contribution in [3.8, 4) is 0 Å². The molecule has 1 saturated heterocycles. The lowest BCUT2D eigenvalue weighted by atomic mass is 10.1. The zero-order chi connectivity index (χ0) is 15.6. The number of hydrogen-bond acceptors (Lipinski definition) is 4. The number of carbonyl (C=O) groups excluding carboxylic acids is 2. The van der Waals surface area contributed by atoms with Crippen molar-refractivity contribution < 1.29 is 27.8 Å². The van der Waals surface area contributed by atoms with E-state index in [0.29, 0.717) is 32.9 Å². The van der Waals surface area contributed by atoms with Crippen LogP contribution >= 0.6 is 0 Å². The normalized spacial score (nSPS) is 17.8. The summed E-state index contributed by atoms with van der Waals surface area (Å²) in [5, 5.41) is 0. The lowest BCUT2D eigenvalue weighted by Crippen LogP contribution is -2.44. The maximum absolute atomic E-state index is 12.7. The summed E-state index contributed by atoms with van der Waals surface area (Å²) in [5.41, 5.74) is -0.579. The van der Waals surface area contributed by atoms with Gasteiger partial charge >= 0.3 is 18.0 Å². The van der Waals surface area contributed by atoms with Gasteiger partial charge in [0.1, 0.15) is 11.7 Å². The summed E-state index contributed by atoms with van der Waals surface area (Å²) < 4.78 is 35.3. The number of carbonyl (C=O) groups is 2. The van der Waals surface area contributed by atoms with Gasteiger partial charge in [-0.2, -0.15) is 8.78 Å². The second-order valence-electron chi connectivity index (χ2n) is 5.96. The minimum absolute atomic E-state index is 0.322. The van der Waals surface area contributed by atoms with Crippen LogP contribution in [0.15, 0.2) is 0 Å². The molecule has 1 aliphatic heterocycles. The van der Waals surface area contributed by atoms with Crippen molar-refractivity contribution in [2.45, 2.75) is 58.2 Å². The number of hydrogen-bond donors (Lipinski definition) is 0. The Labute approximate surface area is 117 Å². The molecule has 0 aliphatic carbocycles. The van der Waals surface area contributed by atoms with Gasteiger partial charge in [-0.05, 0) is 20.8 Å². The first-order chi connectivity index (χ1) is 8.99. The van der Waals surface area contributed by atoms with Crippen LogP contribution in [0.25, 0.3) is 0 Å². The summed E-state index contributed by atoms with van der Waals surface area (Å²) in [4.78, 5) is 24.3. The van der Waals surface area contributed by atoms with E-state index in [1.165, 1.54) is 4.90 Å². The first kappa shape index (κ1) is 16.7. The Balaban J connectivity index is 2.41. The highest BCUT2D eigenvalue weighted by molar-refractivity contribution is 5.77. The largest absolute Gasteiger partial charge is 0.458 e. The molecule has 1 heterocycles. The molecule has 0 spiro atoms. The molecule has 0 N–H and O–H groups in total. The topological polar surface area (TPSA) is 55.8 Å². The van der Waals surface area contributed by atoms with E-state index in [1.807, 2.05) is 0 Å². The lowest BCUT2D eigenvalue weighted by molar-refractivity contribution is -0.176. The maximum atomic E-state index is 12.7. The Bertz CT molecular complexity index is 366. The minimum Gasteiger partial charge on any atom is -0.458 e. The van der Waals surface area contributed by atoms with Gasteiger partial charge in [-0.15, -0.1) is 0 Å². The molecular formula is C13H21F2NO4. The van der Waals surface area contributed by atoms with Gasteiger partial charge in [0, 0.05) is 32.9 Å². The minimum atomic E-state index is -3.48. The number of rotatable bonds is 2. The van der Waals surface area contributed by atoms with Gasteiger partial charge in [0.2, 0.25) is 0 Å². The van der Waals surface area contributed by atoms with E-state index in [0.717, 1.165) is 0 Å². The summed E-state index contributed by atoms with van der Waals surface area (Å²) in [5.74, 6) is -5.00. The molecule has 1 fully saturated rings. The average molecular weight is 293 g/mol. The first-order valence-corrected chi connectivity index (χ1v) is 6.56. The third-order valence-electron chi connectivity index (χ3n) is 2.73. The number of piperidine rings is 1. The van der Waals surface area contributed by atoms with E-state index < -0.39 is 29.7 Å². The van der Waals surface area contributed by atoms with Gasteiger partial charge in [0.25, 0.3) is 0 Å². The summed E-state index contributed by atoms with van der Waals surface area (Å²) in [7, 11) is 0. The van der Waals surface area contributed by atoms with Gasteiger partial charge in [-0.1, -0.05) is 0 Å². The monoisotopic (exact) mass is 293 g/mol. The SMILES string of the molecule is CC(C)(C)OC(=O)N1CCC(OC(=O)C(C)(F)F)CC1. The average Bonchev–Trinajstić information content (AvgIpc) is 2.26. The van der Waals surface area contributed by atoms with Crippen molar-refractivity contribution in [1.82, 2.24) is 4.90 Å². The molecule has 1 rings (SSSR count). The van der Waals surface area contributed by atoms with E-state index >= 15 is 0 Å². The molecule has 0 aromatic rings.